The van der Waals surface area contributed by atoms with Crippen LogP contribution in [0.2, 0.25) is 0 Å². The molecule has 1 heterocycles. The van der Waals surface area contributed by atoms with E-state index in [9.17, 15) is 0 Å². The third-order valence-electron chi connectivity index (χ3n) is 1.26. The topological polar surface area (TPSA) is 32.3 Å². The van der Waals surface area contributed by atoms with Crippen LogP contribution < -0.4 is 5.32 Å². The van der Waals surface area contributed by atoms with Crippen molar-refractivity contribution in [1.29, 1.82) is 0 Å². The number of hydrogen-bond donors (Lipinski definition) is 2. The Bertz CT molecular complexity index is 138. The van der Waals surface area contributed by atoms with Crippen LogP contribution in [0.15, 0.2) is 23.9 Å². The number of allylic oxidation sites excluding steroid dienone is 2. The molecule has 0 aromatic rings. The van der Waals surface area contributed by atoms with E-state index in [0.717, 1.165) is 18.7 Å². The van der Waals surface area contributed by atoms with Gasteiger partial charge in [0.05, 0.1) is 0 Å². The number of dihydropyridines is 1. The summed E-state index contributed by atoms with van der Waals surface area (Å²) in [7, 11) is 0. The standard InChI is InChI=1S/C7H11NO/c9-6-4-7-3-1-2-5-8-7/h1-3,8-9H,4-6H2. The maximum absolute atomic E-state index is 8.51. The summed E-state index contributed by atoms with van der Waals surface area (Å²) in [6.45, 7) is 1.12. The number of hydrogen-bond acceptors (Lipinski definition) is 2. The van der Waals surface area contributed by atoms with Crippen molar-refractivity contribution >= 4 is 0 Å². The summed E-state index contributed by atoms with van der Waals surface area (Å²) in [6.07, 6.45) is 6.77. The predicted molar refractivity (Wildman–Crippen MR) is 36.9 cm³/mol. The van der Waals surface area contributed by atoms with E-state index in [1.165, 1.54) is 0 Å². The Morgan fingerprint density at radius 3 is 3.11 bits per heavy atom. The second-order valence-corrected chi connectivity index (χ2v) is 1.97. The largest absolute Gasteiger partial charge is 0.396 e. The second-order valence-electron chi connectivity index (χ2n) is 1.97. The molecule has 0 aromatic heterocycles. The zero-order chi connectivity index (χ0) is 6.53. The lowest BCUT2D eigenvalue weighted by Crippen LogP contribution is -2.16. The molecule has 0 fully saturated rings. The molecule has 0 saturated carbocycles. The summed E-state index contributed by atoms with van der Waals surface area (Å²) in [4.78, 5) is 0. The predicted octanol–water partition coefficient (Wildman–Crippen LogP) is 0.412. The molecular weight excluding hydrogens is 114 g/mol. The van der Waals surface area contributed by atoms with Gasteiger partial charge in [-0.1, -0.05) is 12.2 Å². The maximum Gasteiger partial charge on any atom is 0.0485 e. The van der Waals surface area contributed by atoms with E-state index in [4.69, 9.17) is 5.11 Å². The lowest BCUT2D eigenvalue weighted by atomic mass is 10.2. The number of aliphatic hydroxyl groups excluding tert-OH is 1. The van der Waals surface area contributed by atoms with Crippen LogP contribution in [-0.2, 0) is 0 Å². The van der Waals surface area contributed by atoms with Gasteiger partial charge in [-0.2, -0.15) is 0 Å². The van der Waals surface area contributed by atoms with Crippen LogP contribution in [0.3, 0.4) is 0 Å². The van der Waals surface area contributed by atoms with Gasteiger partial charge in [0.15, 0.2) is 0 Å². The SMILES string of the molecule is OCCC1=CC=CCN1. The van der Waals surface area contributed by atoms with Gasteiger partial charge < -0.3 is 10.4 Å². The third-order valence-corrected chi connectivity index (χ3v) is 1.26. The zero-order valence-corrected chi connectivity index (χ0v) is 5.30. The van der Waals surface area contributed by atoms with Gasteiger partial charge in [-0.15, -0.1) is 0 Å². The van der Waals surface area contributed by atoms with Gasteiger partial charge in [0.2, 0.25) is 0 Å². The molecule has 0 saturated heterocycles. The van der Waals surface area contributed by atoms with Gasteiger partial charge in [-0.3, -0.25) is 0 Å². The van der Waals surface area contributed by atoms with Crippen LogP contribution in [0.25, 0.3) is 0 Å². The fourth-order valence-corrected chi connectivity index (χ4v) is 0.793. The molecule has 50 valence electrons. The van der Waals surface area contributed by atoms with E-state index in [0.29, 0.717) is 0 Å². The van der Waals surface area contributed by atoms with Crippen LogP contribution in [0.4, 0.5) is 0 Å². The van der Waals surface area contributed by atoms with Gasteiger partial charge in [0, 0.05) is 25.3 Å². The molecular formula is C7H11NO. The van der Waals surface area contributed by atoms with Gasteiger partial charge in [0.1, 0.15) is 0 Å². The fourth-order valence-electron chi connectivity index (χ4n) is 0.793. The summed E-state index contributed by atoms with van der Waals surface area (Å²) in [5, 5.41) is 11.6. The van der Waals surface area contributed by atoms with Crippen molar-refractivity contribution in [1.82, 2.24) is 5.32 Å². The van der Waals surface area contributed by atoms with Crippen molar-refractivity contribution in [2.24, 2.45) is 0 Å². The van der Waals surface area contributed by atoms with Gasteiger partial charge >= 0.3 is 0 Å². The van der Waals surface area contributed by atoms with Crippen LogP contribution in [0.5, 0.6) is 0 Å². The average molecular weight is 125 g/mol. The second kappa shape index (κ2) is 3.30. The van der Waals surface area contributed by atoms with E-state index in [2.05, 4.69) is 5.32 Å². The van der Waals surface area contributed by atoms with Crippen molar-refractivity contribution in [3.8, 4) is 0 Å². The first-order valence-electron chi connectivity index (χ1n) is 3.14. The normalized spacial score (nSPS) is 16.8. The number of aliphatic hydroxyl groups is 1. The van der Waals surface area contributed by atoms with Gasteiger partial charge in [0.25, 0.3) is 0 Å². The van der Waals surface area contributed by atoms with Crippen LogP contribution in [-0.4, -0.2) is 18.3 Å². The smallest absolute Gasteiger partial charge is 0.0485 e. The first-order chi connectivity index (χ1) is 4.43. The fraction of sp³-hybridized carbons (Fsp3) is 0.429. The highest BCUT2D eigenvalue weighted by Crippen LogP contribution is 1.99. The highest BCUT2D eigenvalue weighted by atomic mass is 16.3. The summed E-state index contributed by atoms with van der Waals surface area (Å²) in [5.41, 5.74) is 1.13. The minimum Gasteiger partial charge on any atom is -0.396 e. The van der Waals surface area contributed by atoms with E-state index in [1.54, 1.807) is 0 Å². The Morgan fingerprint density at radius 1 is 1.67 bits per heavy atom. The Hall–Kier alpha value is -0.760. The molecule has 0 unspecified atom stereocenters. The first-order valence-corrected chi connectivity index (χ1v) is 3.14. The average Bonchev–Trinajstić information content (AvgIpc) is 1.91. The van der Waals surface area contributed by atoms with E-state index >= 15 is 0 Å². The first kappa shape index (κ1) is 6.36. The van der Waals surface area contributed by atoms with Gasteiger partial charge in [-0.25, -0.2) is 0 Å². The number of rotatable bonds is 2. The highest BCUT2D eigenvalue weighted by molar-refractivity contribution is 5.16. The molecule has 0 spiro atoms. The van der Waals surface area contributed by atoms with E-state index in [1.807, 2.05) is 18.2 Å². The van der Waals surface area contributed by atoms with Crippen LogP contribution in [0, 0.1) is 0 Å². The molecule has 0 amide bonds. The van der Waals surface area contributed by atoms with Gasteiger partial charge in [-0.05, 0) is 6.08 Å². The lowest BCUT2D eigenvalue weighted by Gasteiger charge is -2.09. The molecule has 1 rings (SSSR count). The highest BCUT2D eigenvalue weighted by Gasteiger charge is 1.94. The molecule has 1 aliphatic heterocycles. The molecule has 0 aromatic carbocycles. The molecule has 1 aliphatic rings. The van der Waals surface area contributed by atoms with E-state index in [-0.39, 0.29) is 6.61 Å². The molecule has 0 bridgehead atoms. The Morgan fingerprint density at radius 2 is 2.56 bits per heavy atom. The number of nitrogens with one attached hydrogen (secondary N) is 1. The van der Waals surface area contributed by atoms with Crippen LogP contribution >= 0.6 is 0 Å². The maximum atomic E-state index is 8.51. The van der Waals surface area contributed by atoms with Crippen molar-refractivity contribution in [2.75, 3.05) is 13.2 Å². The molecule has 0 aliphatic carbocycles. The van der Waals surface area contributed by atoms with Crippen molar-refractivity contribution in [3.63, 3.8) is 0 Å². The van der Waals surface area contributed by atoms with E-state index < -0.39 is 0 Å². The summed E-state index contributed by atoms with van der Waals surface area (Å²) >= 11 is 0. The quantitative estimate of drug-likeness (QED) is 0.560. The summed E-state index contributed by atoms with van der Waals surface area (Å²) < 4.78 is 0. The Labute approximate surface area is 54.9 Å². The zero-order valence-electron chi connectivity index (χ0n) is 5.30. The van der Waals surface area contributed by atoms with Crippen molar-refractivity contribution in [3.05, 3.63) is 23.9 Å². The van der Waals surface area contributed by atoms with Crippen molar-refractivity contribution in [2.45, 2.75) is 6.42 Å². The Balaban J connectivity index is 2.38. The molecule has 2 heteroatoms. The molecule has 2 nitrogen and oxygen atoms in total. The minimum atomic E-state index is 0.229. The Kier molecular flexibility index (Phi) is 2.33. The third kappa shape index (κ3) is 1.90. The summed E-state index contributed by atoms with van der Waals surface area (Å²) in [5.74, 6) is 0. The molecule has 9 heavy (non-hydrogen) atoms. The molecule has 0 radical (unpaired) electrons. The monoisotopic (exact) mass is 125 g/mol. The summed E-state index contributed by atoms with van der Waals surface area (Å²) in [6, 6.07) is 0. The van der Waals surface area contributed by atoms with Crippen LogP contribution in [0.1, 0.15) is 6.42 Å². The minimum absolute atomic E-state index is 0.229. The van der Waals surface area contributed by atoms with Crippen molar-refractivity contribution < 1.29 is 5.11 Å². The molecule has 2 N–H and O–H groups in total. The lowest BCUT2D eigenvalue weighted by molar-refractivity contribution is 0.296. The molecule has 0 atom stereocenters.